The number of anilines is 1. The van der Waals surface area contributed by atoms with Crippen LogP contribution in [0, 0.1) is 5.92 Å². The number of amides is 3. The Kier molecular flexibility index (Phi) is 8.32. The molecule has 2 fully saturated rings. The van der Waals surface area contributed by atoms with Gasteiger partial charge in [-0.1, -0.05) is 19.8 Å². The van der Waals surface area contributed by atoms with Gasteiger partial charge in [0.25, 0.3) is 5.91 Å². The molecule has 1 aromatic rings. The van der Waals surface area contributed by atoms with Crippen molar-refractivity contribution in [3.63, 3.8) is 0 Å². The van der Waals surface area contributed by atoms with Crippen molar-refractivity contribution in [2.45, 2.75) is 51.2 Å². The molecule has 3 atom stereocenters. The molecule has 2 N–H and O–H groups in total. The van der Waals surface area contributed by atoms with Crippen LogP contribution < -0.4 is 10.4 Å². The zero-order valence-electron chi connectivity index (χ0n) is 18.3. The highest BCUT2D eigenvalue weighted by molar-refractivity contribution is 5.92. The maximum Gasteiger partial charge on any atom is 0.278 e. The predicted octanol–water partition coefficient (Wildman–Crippen LogP) is 0.766. The van der Waals surface area contributed by atoms with Crippen molar-refractivity contribution in [1.82, 2.24) is 25.2 Å². The predicted molar refractivity (Wildman–Crippen MR) is 113 cm³/mol. The first-order chi connectivity index (χ1) is 15.5. The van der Waals surface area contributed by atoms with Gasteiger partial charge in [-0.3, -0.25) is 19.6 Å². The second-order valence-electron chi connectivity index (χ2n) is 8.18. The Morgan fingerprint density at radius 3 is 2.50 bits per heavy atom. The van der Waals surface area contributed by atoms with E-state index in [4.69, 9.17) is 5.21 Å². The number of alkyl halides is 1. The van der Waals surface area contributed by atoms with Gasteiger partial charge < -0.3 is 14.7 Å². The number of hydrogen-bond donors (Lipinski definition) is 2. The molecule has 0 bridgehead atoms. The fourth-order valence-corrected chi connectivity index (χ4v) is 4.36. The van der Waals surface area contributed by atoms with Gasteiger partial charge in [-0.15, -0.1) is 0 Å². The van der Waals surface area contributed by atoms with E-state index in [2.05, 4.69) is 9.97 Å². The monoisotopic (exact) mass is 450 g/mol. The van der Waals surface area contributed by atoms with Crippen molar-refractivity contribution in [1.29, 1.82) is 0 Å². The molecule has 2 saturated heterocycles. The lowest BCUT2D eigenvalue weighted by atomic mass is 9.94. The van der Waals surface area contributed by atoms with E-state index >= 15 is 0 Å². The van der Waals surface area contributed by atoms with E-state index in [-0.39, 0.29) is 12.3 Å². The number of halogens is 1. The van der Waals surface area contributed by atoms with Gasteiger partial charge in [-0.2, -0.15) is 0 Å². The molecular formula is C21H31FN6O4. The Labute approximate surface area is 186 Å². The highest BCUT2D eigenvalue weighted by atomic mass is 19.1. The van der Waals surface area contributed by atoms with Crippen LogP contribution in [-0.2, 0) is 14.4 Å². The number of nitrogens with one attached hydrogen (secondary N) is 1. The molecule has 11 heteroatoms. The van der Waals surface area contributed by atoms with Crippen LogP contribution >= 0.6 is 0 Å². The average molecular weight is 451 g/mol. The second-order valence-corrected chi connectivity index (χ2v) is 8.18. The van der Waals surface area contributed by atoms with E-state index in [0.717, 1.165) is 6.42 Å². The molecule has 0 aromatic carbocycles. The first-order valence-electron chi connectivity index (χ1n) is 11.2. The number of rotatable bonds is 8. The molecule has 176 valence electrons. The Morgan fingerprint density at radius 2 is 1.88 bits per heavy atom. The molecule has 2 aliphatic rings. The molecule has 3 amide bonds. The summed E-state index contributed by atoms with van der Waals surface area (Å²) in [7, 11) is 0. The molecule has 0 saturated carbocycles. The third-order valence-electron chi connectivity index (χ3n) is 6.15. The topological polar surface area (TPSA) is 119 Å². The SMILES string of the molecule is CCCC[C@@H](C(=O)N1CCC[C@H]1C(=O)N1CCN(c2ncccn2)CC1)[C@H](F)C(=O)NO. The summed E-state index contributed by atoms with van der Waals surface area (Å²) in [5.41, 5.74) is 1.30. The minimum Gasteiger partial charge on any atom is -0.337 e. The third-order valence-corrected chi connectivity index (χ3v) is 6.15. The summed E-state index contributed by atoms with van der Waals surface area (Å²) in [6.45, 7) is 4.38. The van der Waals surface area contributed by atoms with Gasteiger partial charge in [0, 0.05) is 45.1 Å². The number of carbonyl (C=O) groups excluding carboxylic acids is 3. The summed E-state index contributed by atoms with van der Waals surface area (Å²) in [6.07, 6.45) is 3.81. The van der Waals surface area contributed by atoms with Gasteiger partial charge >= 0.3 is 0 Å². The summed E-state index contributed by atoms with van der Waals surface area (Å²) in [5, 5.41) is 8.80. The van der Waals surface area contributed by atoms with Gasteiger partial charge in [0.2, 0.25) is 17.8 Å². The van der Waals surface area contributed by atoms with Crippen LogP contribution in [0.4, 0.5) is 10.3 Å². The minimum atomic E-state index is -2.16. The van der Waals surface area contributed by atoms with Gasteiger partial charge in [-0.25, -0.2) is 19.8 Å². The number of hydrogen-bond acceptors (Lipinski definition) is 7. The fraction of sp³-hybridized carbons (Fsp3) is 0.667. The third kappa shape index (κ3) is 5.32. The van der Waals surface area contributed by atoms with Crippen LogP contribution in [0.3, 0.4) is 0 Å². The second kappa shape index (κ2) is 11.2. The van der Waals surface area contributed by atoms with Crippen LogP contribution in [0.1, 0.15) is 39.0 Å². The highest BCUT2D eigenvalue weighted by Gasteiger charge is 2.43. The Hall–Kier alpha value is -2.82. The number of likely N-dealkylation sites (tertiary alicyclic amines) is 1. The molecule has 32 heavy (non-hydrogen) atoms. The van der Waals surface area contributed by atoms with Crippen molar-refractivity contribution in [2.24, 2.45) is 5.92 Å². The quantitative estimate of drug-likeness (QED) is 0.443. The fourth-order valence-electron chi connectivity index (χ4n) is 4.36. The Morgan fingerprint density at radius 1 is 1.19 bits per heavy atom. The van der Waals surface area contributed by atoms with Gasteiger partial charge in [-0.05, 0) is 25.3 Å². The number of hydroxylamine groups is 1. The zero-order chi connectivity index (χ0) is 23.1. The first kappa shape index (κ1) is 23.8. The highest BCUT2D eigenvalue weighted by Crippen LogP contribution is 2.27. The standard InChI is InChI=1S/C21H31FN6O4/c1-2-3-6-15(17(22)18(29)25-32)19(30)28-10-4-7-16(28)20(31)26-11-13-27(14-12-26)21-23-8-5-9-24-21/h5,8-9,15-17,32H,2-4,6-7,10-14H2,1H3,(H,25,29)/t15-,16+,17+/m1/s1. The van der Waals surface area contributed by atoms with Gasteiger partial charge in [0.1, 0.15) is 6.04 Å². The Balaban J connectivity index is 1.65. The lowest BCUT2D eigenvalue weighted by Crippen LogP contribution is -2.56. The summed E-state index contributed by atoms with van der Waals surface area (Å²) in [5.74, 6) is -2.53. The van der Waals surface area contributed by atoms with Crippen LogP contribution in [0.2, 0.25) is 0 Å². The van der Waals surface area contributed by atoms with Crippen molar-refractivity contribution >= 4 is 23.7 Å². The van der Waals surface area contributed by atoms with Crippen LogP contribution in [0.25, 0.3) is 0 Å². The molecule has 0 radical (unpaired) electrons. The number of piperazine rings is 1. The van der Waals surface area contributed by atoms with Crippen LogP contribution in [-0.4, -0.2) is 87.6 Å². The number of unbranched alkanes of at least 4 members (excludes halogenated alkanes) is 1. The normalized spacial score (nSPS) is 20.7. The van der Waals surface area contributed by atoms with Gasteiger partial charge in [0.05, 0.1) is 5.92 Å². The van der Waals surface area contributed by atoms with Crippen molar-refractivity contribution in [2.75, 3.05) is 37.6 Å². The number of carbonyl (C=O) groups is 3. The molecule has 0 spiro atoms. The molecule has 3 rings (SSSR count). The molecule has 2 aliphatic heterocycles. The maximum atomic E-state index is 14.6. The van der Waals surface area contributed by atoms with Crippen molar-refractivity contribution < 1.29 is 24.0 Å². The van der Waals surface area contributed by atoms with E-state index in [1.165, 1.54) is 10.4 Å². The largest absolute Gasteiger partial charge is 0.337 e. The van der Waals surface area contributed by atoms with E-state index in [9.17, 15) is 18.8 Å². The lowest BCUT2D eigenvalue weighted by molar-refractivity contribution is -0.151. The Bertz CT molecular complexity index is 790. The van der Waals surface area contributed by atoms with E-state index in [1.54, 1.807) is 23.4 Å². The first-order valence-corrected chi connectivity index (χ1v) is 11.2. The summed E-state index contributed by atoms with van der Waals surface area (Å²) in [6, 6.07) is 1.09. The van der Waals surface area contributed by atoms with Gasteiger partial charge in [0.15, 0.2) is 6.17 Å². The lowest BCUT2D eigenvalue weighted by Gasteiger charge is -2.38. The van der Waals surface area contributed by atoms with Crippen LogP contribution in [0.15, 0.2) is 18.5 Å². The smallest absolute Gasteiger partial charge is 0.278 e. The van der Waals surface area contributed by atoms with E-state index in [1.807, 2.05) is 11.8 Å². The zero-order valence-corrected chi connectivity index (χ0v) is 18.3. The molecule has 3 heterocycles. The molecule has 10 nitrogen and oxygen atoms in total. The maximum absolute atomic E-state index is 14.6. The minimum absolute atomic E-state index is 0.152. The molecule has 0 unspecified atom stereocenters. The van der Waals surface area contributed by atoms with E-state index in [0.29, 0.717) is 57.9 Å². The van der Waals surface area contributed by atoms with Crippen molar-refractivity contribution in [3.8, 4) is 0 Å². The molecular weight excluding hydrogens is 419 g/mol. The number of aromatic nitrogens is 2. The molecule has 1 aromatic heterocycles. The summed E-state index contributed by atoms with van der Waals surface area (Å²) < 4.78 is 14.6. The van der Waals surface area contributed by atoms with Crippen LogP contribution in [0.5, 0.6) is 0 Å². The van der Waals surface area contributed by atoms with E-state index < -0.39 is 29.9 Å². The summed E-state index contributed by atoms with van der Waals surface area (Å²) >= 11 is 0. The molecule has 0 aliphatic carbocycles. The van der Waals surface area contributed by atoms with Crippen molar-refractivity contribution in [3.05, 3.63) is 18.5 Å². The number of nitrogens with zero attached hydrogens (tertiary/aromatic N) is 5. The average Bonchev–Trinajstić information content (AvgIpc) is 3.33. The summed E-state index contributed by atoms with van der Waals surface area (Å²) in [4.78, 5) is 51.7.